The molecule has 41 heavy (non-hydrogen) atoms. The molecular formula is C28H30ClF3N4O4S. The normalized spacial score (nSPS) is 13.7. The van der Waals surface area contributed by atoms with E-state index in [1.165, 1.54) is 18.2 Å². The van der Waals surface area contributed by atoms with Crippen molar-refractivity contribution in [2.45, 2.75) is 58.6 Å². The fourth-order valence-electron chi connectivity index (χ4n) is 3.81. The molecule has 4 N–H and O–H groups in total. The number of benzene rings is 3. The first-order chi connectivity index (χ1) is 19.1. The van der Waals surface area contributed by atoms with Crippen LogP contribution in [0.5, 0.6) is 0 Å². The topological polar surface area (TPSA) is 109 Å². The molecule has 0 saturated heterocycles. The van der Waals surface area contributed by atoms with Gasteiger partial charge in [0.05, 0.1) is 33.2 Å². The number of amides is 1. The van der Waals surface area contributed by atoms with Crippen molar-refractivity contribution in [1.29, 1.82) is 0 Å². The van der Waals surface area contributed by atoms with Crippen LogP contribution >= 0.6 is 11.6 Å². The summed E-state index contributed by atoms with van der Waals surface area (Å²) >= 11 is 6.27. The molecule has 0 atom stereocenters. The van der Waals surface area contributed by atoms with Gasteiger partial charge in [-0.25, -0.2) is 18.7 Å². The fourth-order valence-corrected chi connectivity index (χ4v) is 5.28. The van der Waals surface area contributed by atoms with Gasteiger partial charge in [0.15, 0.2) is 17.5 Å². The molecule has 1 amide bonds. The van der Waals surface area contributed by atoms with Crippen molar-refractivity contribution >= 4 is 44.8 Å². The van der Waals surface area contributed by atoms with Gasteiger partial charge in [-0.1, -0.05) is 29.8 Å². The highest BCUT2D eigenvalue weighted by molar-refractivity contribution is 7.90. The van der Waals surface area contributed by atoms with Crippen LogP contribution in [-0.4, -0.2) is 26.0 Å². The zero-order valence-corrected chi connectivity index (χ0v) is 24.4. The van der Waals surface area contributed by atoms with Gasteiger partial charge in [0.1, 0.15) is 0 Å². The summed E-state index contributed by atoms with van der Waals surface area (Å²) in [5, 5.41) is 2.90. The van der Waals surface area contributed by atoms with E-state index in [1.807, 2.05) is 0 Å². The minimum atomic E-state index is -4.04. The molecule has 1 aliphatic carbocycles. The maximum Gasteiger partial charge on any atom is 0.299 e. The third kappa shape index (κ3) is 7.91. The highest BCUT2D eigenvalue weighted by atomic mass is 35.5. The third-order valence-electron chi connectivity index (χ3n) is 5.96. The van der Waals surface area contributed by atoms with Crippen molar-refractivity contribution in [3.63, 3.8) is 0 Å². The number of aryl methyl sites for hydroxylation is 1. The average Bonchev–Trinajstić information content (AvgIpc) is 3.68. The van der Waals surface area contributed by atoms with Gasteiger partial charge in [0.25, 0.3) is 16.1 Å². The molecule has 0 heterocycles. The summed E-state index contributed by atoms with van der Waals surface area (Å²) in [7, 11) is -4.04. The molecule has 220 valence electrons. The van der Waals surface area contributed by atoms with Crippen LogP contribution < -0.4 is 20.2 Å². The zero-order valence-electron chi connectivity index (χ0n) is 22.8. The molecule has 1 aliphatic rings. The molecule has 0 bridgehead atoms. The summed E-state index contributed by atoms with van der Waals surface area (Å²) in [6.45, 7) is 6.84. The van der Waals surface area contributed by atoms with Crippen LogP contribution in [-0.2, 0) is 21.5 Å². The Morgan fingerprint density at radius 3 is 2.34 bits per heavy atom. The summed E-state index contributed by atoms with van der Waals surface area (Å²) < 4.78 is 75.4. The van der Waals surface area contributed by atoms with Crippen molar-refractivity contribution in [1.82, 2.24) is 10.2 Å². The molecule has 3 aromatic rings. The van der Waals surface area contributed by atoms with Gasteiger partial charge in [-0.3, -0.25) is 14.4 Å². The van der Waals surface area contributed by atoms with E-state index in [4.69, 9.17) is 16.4 Å². The molecule has 4 rings (SSSR count). The smallest absolute Gasteiger partial charge is 0.299 e. The number of hydrogen-bond acceptors (Lipinski definition) is 5. The van der Waals surface area contributed by atoms with Crippen molar-refractivity contribution in [2.24, 2.45) is 0 Å². The van der Waals surface area contributed by atoms with Gasteiger partial charge >= 0.3 is 0 Å². The molecular weight excluding hydrogens is 581 g/mol. The van der Waals surface area contributed by atoms with Crippen molar-refractivity contribution in [3.05, 3.63) is 87.2 Å². The maximum atomic E-state index is 15.6. The maximum absolute atomic E-state index is 15.6. The number of carbonyl (C=O) groups is 1. The van der Waals surface area contributed by atoms with Gasteiger partial charge in [-0.15, -0.1) is 0 Å². The Kier molecular flexibility index (Phi) is 8.88. The Bertz CT molecular complexity index is 1590. The first-order valence-electron chi connectivity index (χ1n) is 12.7. The minimum absolute atomic E-state index is 0.130. The quantitative estimate of drug-likeness (QED) is 0.202. The van der Waals surface area contributed by atoms with Crippen molar-refractivity contribution in [3.8, 4) is 0 Å². The number of carbonyl (C=O) groups excluding carboxylic acids is 1. The minimum Gasteiger partial charge on any atom is -0.351 e. The molecule has 0 unspecified atom stereocenters. The van der Waals surface area contributed by atoms with Crippen LogP contribution in [0.4, 0.5) is 30.2 Å². The highest BCUT2D eigenvalue weighted by Gasteiger charge is 2.28. The number of nitrogens with one attached hydrogen (secondary N) is 4. The van der Waals surface area contributed by atoms with E-state index < -0.39 is 51.3 Å². The average molecular weight is 611 g/mol. The van der Waals surface area contributed by atoms with Gasteiger partial charge in [-0.2, -0.15) is 13.1 Å². The molecule has 3 aromatic carbocycles. The number of hydroxylamine groups is 1. The number of rotatable bonds is 10. The van der Waals surface area contributed by atoms with Crippen LogP contribution in [0, 0.1) is 24.4 Å². The molecule has 1 saturated carbocycles. The van der Waals surface area contributed by atoms with E-state index in [-0.39, 0.29) is 39.1 Å². The van der Waals surface area contributed by atoms with Gasteiger partial charge in [0.2, 0.25) is 0 Å². The van der Waals surface area contributed by atoms with Crippen LogP contribution in [0.3, 0.4) is 0 Å². The Morgan fingerprint density at radius 1 is 1.00 bits per heavy atom. The Balaban J connectivity index is 1.71. The highest BCUT2D eigenvalue weighted by Crippen LogP contribution is 2.34. The van der Waals surface area contributed by atoms with E-state index >= 15 is 13.2 Å². The number of hydrogen-bond donors (Lipinski definition) is 4. The largest absolute Gasteiger partial charge is 0.351 e. The number of halogens is 4. The second-order valence-electron chi connectivity index (χ2n) is 10.8. The van der Waals surface area contributed by atoms with E-state index in [1.54, 1.807) is 45.9 Å². The standard InChI is InChI=1S/C28H30ClF3N4O4S/c1-15-8-11-21(20(29)12-15)33-26-19(27(37)34-40-28(2,3)4)14-17(24(31)25(26)32)13-16-6-5-7-22(23(16)30)36-41(38,39)35-18-9-10-18/h5-8,11-12,14,18,33,35-36H,9-10,13H2,1-4H3,(H,34,37). The molecule has 0 aromatic heterocycles. The lowest BCUT2D eigenvalue weighted by atomic mass is 9.99. The van der Waals surface area contributed by atoms with Gasteiger partial charge < -0.3 is 5.32 Å². The Morgan fingerprint density at radius 2 is 1.71 bits per heavy atom. The second-order valence-corrected chi connectivity index (χ2v) is 12.6. The Labute approximate surface area is 241 Å². The molecule has 8 nitrogen and oxygen atoms in total. The first kappa shape index (κ1) is 30.6. The summed E-state index contributed by atoms with van der Waals surface area (Å²) in [6, 6.07) is 9.63. The SMILES string of the molecule is Cc1ccc(Nc2c(C(=O)NOC(C)(C)C)cc(Cc3cccc(NS(=O)(=O)NC4CC4)c3F)c(F)c2F)c(Cl)c1. The predicted molar refractivity (Wildman–Crippen MR) is 152 cm³/mol. The van der Waals surface area contributed by atoms with E-state index in [9.17, 15) is 13.2 Å². The van der Waals surface area contributed by atoms with Gasteiger partial charge in [0, 0.05) is 12.5 Å². The zero-order chi connectivity index (χ0) is 30.1. The van der Waals surface area contributed by atoms with Gasteiger partial charge in [-0.05, 0) is 81.5 Å². The lowest BCUT2D eigenvalue weighted by Crippen LogP contribution is -2.34. The predicted octanol–water partition coefficient (Wildman–Crippen LogP) is 6.27. The van der Waals surface area contributed by atoms with E-state index in [0.717, 1.165) is 11.6 Å². The molecule has 0 radical (unpaired) electrons. The second kappa shape index (κ2) is 11.9. The van der Waals surface area contributed by atoms with E-state index in [0.29, 0.717) is 12.8 Å². The molecule has 13 heteroatoms. The van der Waals surface area contributed by atoms with Crippen LogP contribution in [0.25, 0.3) is 0 Å². The van der Waals surface area contributed by atoms with E-state index in [2.05, 4.69) is 20.2 Å². The summed E-state index contributed by atoms with van der Waals surface area (Å²) in [5.41, 5.74) is 0.822. The van der Waals surface area contributed by atoms with Crippen molar-refractivity contribution < 1.29 is 31.2 Å². The van der Waals surface area contributed by atoms with Crippen LogP contribution in [0.2, 0.25) is 5.02 Å². The summed E-state index contributed by atoms with van der Waals surface area (Å²) in [4.78, 5) is 18.5. The summed E-state index contributed by atoms with van der Waals surface area (Å²) in [6.07, 6.45) is 0.879. The van der Waals surface area contributed by atoms with Crippen LogP contribution in [0.1, 0.15) is 60.7 Å². The monoisotopic (exact) mass is 610 g/mol. The van der Waals surface area contributed by atoms with Crippen molar-refractivity contribution in [2.75, 3.05) is 10.0 Å². The molecule has 0 spiro atoms. The lowest BCUT2D eigenvalue weighted by Gasteiger charge is -2.21. The molecule has 1 fully saturated rings. The third-order valence-corrected chi connectivity index (χ3v) is 7.41. The lowest BCUT2D eigenvalue weighted by molar-refractivity contribution is -0.0589. The Hall–Kier alpha value is -3.32. The fraction of sp³-hybridized carbons (Fsp3) is 0.321. The molecule has 0 aliphatic heterocycles. The number of anilines is 3. The first-order valence-corrected chi connectivity index (χ1v) is 14.6. The summed E-state index contributed by atoms with van der Waals surface area (Å²) in [5.74, 6) is -4.58. The van der Waals surface area contributed by atoms with Crippen LogP contribution in [0.15, 0.2) is 42.5 Å².